The molecule has 2 aromatic rings. The van der Waals surface area contributed by atoms with E-state index in [4.69, 9.17) is 0 Å². The monoisotopic (exact) mass is 283 g/mol. The Morgan fingerprint density at radius 3 is 2.55 bits per heavy atom. The Balaban J connectivity index is 1.99. The van der Waals surface area contributed by atoms with Gasteiger partial charge in [0.15, 0.2) is 0 Å². The van der Waals surface area contributed by atoms with E-state index in [2.05, 4.69) is 12.1 Å². The van der Waals surface area contributed by atoms with Gasteiger partial charge >= 0.3 is 0 Å². The average molecular weight is 283 g/mol. The van der Waals surface area contributed by atoms with Crippen molar-refractivity contribution in [2.45, 2.75) is 18.7 Å². The van der Waals surface area contributed by atoms with Gasteiger partial charge in [-0.25, -0.2) is 0 Å². The largest absolute Gasteiger partial charge is 0.306 e. The van der Waals surface area contributed by atoms with E-state index < -0.39 is 0 Å². The zero-order valence-corrected chi connectivity index (χ0v) is 12.5. The van der Waals surface area contributed by atoms with Gasteiger partial charge in [0.1, 0.15) is 0 Å². The van der Waals surface area contributed by atoms with Crippen LogP contribution in [0.5, 0.6) is 0 Å². The maximum absolute atomic E-state index is 12.8. The van der Waals surface area contributed by atoms with Crippen LogP contribution in [-0.2, 0) is 0 Å². The molecule has 0 bridgehead atoms. The summed E-state index contributed by atoms with van der Waals surface area (Å²) in [7, 11) is 0. The average Bonchev–Trinajstić information content (AvgIpc) is 2.45. The molecule has 20 heavy (non-hydrogen) atoms. The first-order chi connectivity index (χ1) is 9.65. The number of anilines is 1. The van der Waals surface area contributed by atoms with E-state index in [0.717, 1.165) is 34.7 Å². The molecule has 0 fully saturated rings. The summed E-state index contributed by atoms with van der Waals surface area (Å²) in [5, 5.41) is 0. The summed E-state index contributed by atoms with van der Waals surface area (Å²) in [6, 6.07) is 14.2. The van der Waals surface area contributed by atoms with Crippen molar-refractivity contribution in [1.29, 1.82) is 0 Å². The molecule has 3 heteroatoms. The van der Waals surface area contributed by atoms with Gasteiger partial charge in [-0.1, -0.05) is 29.3 Å². The van der Waals surface area contributed by atoms with Crippen molar-refractivity contribution in [3.05, 3.63) is 59.2 Å². The predicted molar refractivity (Wildman–Crippen MR) is 84.8 cm³/mol. The second-order valence-corrected chi connectivity index (χ2v) is 6.29. The van der Waals surface area contributed by atoms with Crippen molar-refractivity contribution in [2.24, 2.45) is 0 Å². The number of carbonyl (C=O) groups excluding carboxylic acids is 1. The number of carbonyl (C=O) groups is 1. The van der Waals surface area contributed by atoms with E-state index in [1.54, 1.807) is 0 Å². The van der Waals surface area contributed by atoms with Crippen LogP contribution in [0.2, 0.25) is 0 Å². The standard InChI is InChI=1S/C17H17NOS/c1-12-9-13(2)11-14(10-12)17(19)18-7-8-20-16-6-4-3-5-15(16)18/h3-6,9-11H,7-8H2,1-2H3. The molecule has 0 radical (unpaired) electrons. The summed E-state index contributed by atoms with van der Waals surface area (Å²) in [4.78, 5) is 15.9. The summed E-state index contributed by atoms with van der Waals surface area (Å²) < 4.78 is 0. The van der Waals surface area contributed by atoms with E-state index >= 15 is 0 Å². The molecule has 0 saturated heterocycles. The van der Waals surface area contributed by atoms with Crippen LogP contribution < -0.4 is 4.90 Å². The van der Waals surface area contributed by atoms with Crippen LogP contribution in [-0.4, -0.2) is 18.2 Å². The highest BCUT2D eigenvalue weighted by atomic mass is 32.2. The summed E-state index contributed by atoms with van der Waals surface area (Å²) in [5.74, 6) is 1.05. The minimum absolute atomic E-state index is 0.101. The van der Waals surface area contributed by atoms with Gasteiger partial charge in [0.05, 0.1) is 5.69 Å². The molecule has 0 spiro atoms. The summed E-state index contributed by atoms with van der Waals surface area (Å²) >= 11 is 1.82. The van der Waals surface area contributed by atoms with Crippen LogP contribution in [0.25, 0.3) is 0 Å². The highest BCUT2D eigenvalue weighted by molar-refractivity contribution is 7.99. The number of aryl methyl sites for hydroxylation is 2. The Kier molecular flexibility index (Phi) is 3.53. The molecule has 0 atom stereocenters. The summed E-state index contributed by atoms with van der Waals surface area (Å²) in [6.45, 7) is 4.83. The lowest BCUT2D eigenvalue weighted by atomic mass is 10.1. The number of amides is 1. The molecule has 0 aliphatic carbocycles. The predicted octanol–water partition coefficient (Wildman–Crippen LogP) is 4.06. The van der Waals surface area contributed by atoms with Crippen molar-refractivity contribution in [3.63, 3.8) is 0 Å². The molecule has 1 amide bonds. The summed E-state index contributed by atoms with van der Waals surface area (Å²) in [5.41, 5.74) is 4.08. The molecule has 0 saturated carbocycles. The van der Waals surface area contributed by atoms with Gasteiger partial charge in [-0.3, -0.25) is 4.79 Å². The van der Waals surface area contributed by atoms with E-state index in [1.165, 1.54) is 4.90 Å². The first-order valence-electron chi connectivity index (χ1n) is 6.77. The molecule has 2 nitrogen and oxygen atoms in total. The second-order valence-electron chi connectivity index (χ2n) is 5.15. The Labute approximate surface area is 123 Å². The Morgan fingerprint density at radius 2 is 1.80 bits per heavy atom. The lowest BCUT2D eigenvalue weighted by Gasteiger charge is -2.29. The summed E-state index contributed by atoms with van der Waals surface area (Å²) in [6.07, 6.45) is 0. The topological polar surface area (TPSA) is 20.3 Å². The number of hydrogen-bond acceptors (Lipinski definition) is 2. The molecule has 0 aromatic heterocycles. The minimum atomic E-state index is 0.101. The third-order valence-corrected chi connectivity index (χ3v) is 4.49. The maximum Gasteiger partial charge on any atom is 0.258 e. The molecule has 0 unspecified atom stereocenters. The smallest absolute Gasteiger partial charge is 0.258 e. The molecule has 1 heterocycles. The molecule has 1 aliphatic rings. The third kappa shape index (κ3) is 2.46. The van der Waals surface area contributed by atoms with Gasteiger partial charge in [-0.2, -0.15) is 0 Å². The zero-order valence-electron chi connectivity index (χ0n) is 11.7. The van der Waals surface area contributed by atoms with E-state index in [-0.39, 0.29) is 5.91 Å². The first kappa shape index (κ1) is 13.3. The number of hydrogen-bond donors (Lipinski definition) is 0. The third-order valence-electron chi connectivity index (χ3n) is 3.44. The van der Waals surface area contributed by atoms with Crippen molar-refractivity contribution in [2.75, 3.05) is 17.2 Å². The SMILES string of the molecule is Cc1cc(C)cc(C(=O)N2CCSc3ccccc32)c1. The fourth-order valence-electron chi connectivity index (χ4n) is 2.63. The van der Waals surface area contributed by atoms with Crippen LogP contribution in [0.3, 0.4) is 0 Å². The lowest BCUT2D eigenvalue weighted by molar-refractivity contribution is 0.0987. The zero-order chi connectivity index (χ0) is 14.1. The lowest BCUT2D eigenvalue weighted by Crippen LogP contribution is -2.35. The van der Waals surface area contributed by atoms with Gasteiger partial charge in [-0.05, 0) is 38.1 Å². The highest BCUT2D eigenvalue weighted by Gasteiger charge is 2.23. The molecule has 0 N–H and O–H groups in total. The van der Waals surface area contributed by atoms with Gasteiger partial charge in [0, 0.05) is 22.8 Å². The van der Waals surface area contributed by atoms with Crippen LogP contribution in [0.1, 0.15) is 21.5 Å². The number of benzene rings is 2. The Morgan fingerprint density at radius 1 is 1.10 bits per heavy atom. The molecular weight excluding hydrogens is 266 g/mol. The maximum atomic E-state index is 12.8. The van der Waals surface area contributed by atoms with Crippen LogP contribution in [0, 0.1) is 13.8 Å². The second kappa shape index (κ2) is 5.33. The van der Waals surface area contributed by atoms with Gasteiger partial charge < -0.3 is 4.90 Å². The van der Waals surface area contributed by atoms with Crippen LogP contribution in [0.4, 0.5) is 5.69 Å². The Hall–Kier alpha value is -1.74. The fourth-order valence-corrected chi connectivity index (χ4v) is 3.63. The van der Waals surface area contributed by atoms with Crippen LogP contribution >= 0.6 is 11.8 Å². The van der Waals surface area contributed by atoms with E-state index in [9.17, 15) is 4.79 Å². The number of fused-ring (bicyclic) bond motifs is 1. The van der Waals surface area contributed by atoms with Crippen LogP contribution in [0.15, 0.2) is 47.4 Å². The first-order valence-corrected chi connectivity index (χ1v) is 7.76. The molecular formula is C17H17NOS. The van der Waals surface area contributed by atoms with Gasteiger partial charge in [-0.15, -0.1) is 11.8 Å². The molecule has 1 aliphatic heterocycles. The number of rotatable bonds is 1. The number of nitrogens with zero attached hydrogens (tertiary/aromatic N) is 1. The fraction of sp³-hybridized carbons (Fsp3) is 0.235. The normalized spacial score (nSPS) is 14.0. The number of para-hydroxylation sites is 1. The van der Waals surface area contributed by atoms with Crippen molar-refractivity contribution in [1.82, 2.24) is 0 Å². The van der Waals surface area contributed by atoms with Crippen molar-refractivity contribution >= 4 is 23.4 Å². The van der Waals surface area contributed by atoms with Crippen molar-refractivity contribution < 1.29 is 4.79 Å². The van der Waals surface area contributed by atoms with Gasteiger partial charge in [0.2, 0.25) is 0 Å². The van der Waals surface area contributed by atoms with Crippen molar-refractivity contribution in [3.8, 4) is 0 Å². The van der Waals surface area contributed by atoms with Gasteiger partial charge in [0.25, 0.3) is 5.91 Å². The van der Waals surface area contributed by atoms with E-state index in [0.29, 0.717) is 0 Å². The quantitative estimate of drug-likeness (QED) is 0.786. The Bertz CT molecular complexity index is 646. The number of thioether (sulfide) groups is 1. The molecule has 2 aromatic carbocycles. The van der Waals surface area contributed by atoms with E-state index in [1.807, 2.05) is 60.8 Å². The molecule has 102 valence electrons. The highest BCUT2D eigenvalue weighted by Crippen LogP contribution is 2.35. The minimum Gasteiger partial charge on any atom is -0.306 e. The molecule has 3 rings (SSSR count).